The summed E-state index contributed by atoms with van der Waals surface area (Å²) in [7, 11) is 0. The Balaban J connectivity index is 1.84. The third-order valence-corrected chi connectivity index (χ3v) is 4.96. The lowest BCUT2D eigenvalue weighted by Gasteiger charge is -2.20. The van der Waals surface area contributed by atoms with E-state index in [0.29, 0.717) is 19.5 Å². The summed E-state index contributed by atoms with van der Waals surface area (Å²) >= 11 is 0. The molecule has 0 bridgehead atoms. The van der Waals surface area contributed by atoms with Crippen molar-refractivity contribution >= 4 is 11.9 Å². The molecule has 3 rings (SSSR count). The predicted octanol–water partition coefficient (Wildman–Crippen LogP) is 2.14. The minimum absolute atomic E-state index is 0.0785. The number of amides is 1. The fraction of sp³-hybridized carbons (Fsp3) is 0.350. The van der Waals surface area contributed by atoms with Gasteiger partial charge >= 0.3 is 5.97 Å². The first-order valence-electron chi connectivity index (χ1n) is 8.58. The molecule has 0 aliphatic carbocycles. The van der Waals surface area contributed by atoms with Crippen molar-refractivity contribution in [3.05, 3.63) is 69.6 Å². The number of carbonyl (C=O) groups excluding carboxylic acids is 1. The smallest absolute Gasteiger partial charge is 0.311 e. The first-order chi connectivity index (χ1) is 12.3. The maximum absolute atomic E-state index is 12.8. The van der Waals surface area contributed by atoms with Gasteiger partial charge in [0.15, 0.2) is 0 Å². The molecule has 1 aliphatic rings. The number of carboxylic acids is 1. The van der Waals surface area contributed by atoms with Gasteiger partial charge in [-0.05, 0) is 38.0 Å². The zero-order valence-corrected chi connectivity index (χ0v) is 14.9. The van der Waals surface area contributed by atoms with Gasteiger partial charge in [0.1, 0.15) is 5.56 Å². The van der Waals surface area contributed by atoms with Gasteiger partial charge in [-0.2, -0.15) is 0 Å². The summed E-state index contributed by atoms with van der Waals surface area (Å²) in [6, 6.07) is 11.0. The summed E-state index contributed by atoms with van der Waals surface area (Å²) in [5.41, 5.74) is 0.854. The summed E-state index contributed by atoms with van der Waals surface area (Å²) < 4.78 is 1.51. The molecule has 6 nitrogen and oxygen atoms in total. The molecule has 1 saturated heterocycles. The number of hydrogen-bond donors (Lipinski definition) is 1. The molecule has 1 aromatic carbocycles. The molecule has 1 fully saturated rings. The normalized spacial score (nSPS) is 19.5. The Hall–Kier alpha value is -2.89. The van der Waals surface area contributed by atoms with Gasteiger partial charge < -0.3 is 14.6 Å². The van der Waals surface area contributed by atoms with Gasteiger partial charge in [0.2, 0.25) is 0 Å². The summed E-state index contributed by atoms with van der Waals surface area (Å²) in [4.78, 5) is 38.3. The van der Waals surface area contributed by atoms with Crippen LogP contribution in [0.3, 0.4) is 0 Å². The molecule has 0 saturated carbocycles. The summed E-state index contributed by atoms with van der Waals surface area (Å²) in [5, 5.41) is 9.32. The van der Waals surface area contributed by atoms with E-state index in [0.717, 1.165) is 11.1 Å². The van der Waals surface area contributed by atoms with Crippen molar-refractivity contribution in [2.24, 2.45) is 5.41 Å². The molecular formula is C20H22N2O4. The number of benzene rings is 1. The highest BCUT2D eigenvalue weighted by atomic mass is 16.4. The van der Waals surface area contributed by atoms with Crippen molar-refractivity contribution in [3.8, 4) is 0 Å². The number of pyridine rings is 1. The van der Waals surface area contributed by atoms with Crippen LogP contribution in [0.4, 0.5) is 0 Å². The van der Waals surface area contributed by atoms with Gasteiger partial charge in [0.05, 0.1) is 12.0 Å². The van der Waals surface area contributed by atoms with Crippen molar-refractivity contribution in [1.29, 1.82) is 0 Å². The zero-order chi connectivity index (χ0) is 18.9. The van der Waals surface area contributed by atoms with E-state index in [1.165, 1.54) is 15.5 Å². The molecule has 2 aromatic rings. The van der Waals surface area contributed by atoms with E-state index < -0.39 is 17.3 Å². The SMILES string of the molecule is Cc1cccc(Cn2cccc(C(=O)N3CCC(C)(C(=O)O)C3)c2=O)c1. The van der Waals surface area contributed by atoms with E-state index in [9.17, 15) is 19.5 Å². The summed E-state index contributed by atoms with van der Waals surface area (Å²) in [5.74, 6) is -1.32. The highest BCUT2D eigenvalue weighted by molar-refractivity contribution is 5.94. The van der Waals surface area contributed by atoms with Crippen LogP contribution in [0.25, 0.3) is 0 Å². The van der Waals surface area contributed by atoms with Crippen LogP contribution in [0.1, 0.15) is 34.8 Å². The fourth-order valence-corrected chi connectivity index (χ4v) is 3.31. The van der Waals surface area contributed by atoms with Crippen LogP contribution >= 0.6 is 0 Å². The van der Waals surface area contributed by atoms with Gasteiger partial charge in [0, 0.05) is 19.3 Å². The number of aromatic nitrogens is 1. The van der Waals surface area contributed by atoms with Crippen LogP contribution < -0.4 is 5.56 Å². The van der Waals surface area contributed by atoms with Gasteiger partial charge in [-0.1, -0.05) is 29.8 Å². The molecule has 1 aliphatic heterocycles. The number of carboxylic acid groups (broad SMARTS) is 1. The third kappa shape index (κ3) is 3.40. The van der Waals surface area contributed by atoms with Crippen LogP contribution in [0.5, 0.6) is 0 Å². The largest absolute Gasteiger partial charge is 0.481 e. The lowest BCUT2D eigenvalue weighted by Crippen LogP contribution is -2.38. The average molecular weight is 354 g/mol. The van der Waals surface area contributed by atoms with E-state index in [-0.39, 0.29) is 17.7 Å². The molecule has 26 heavy (non-hydrogen) atoms. The minimum atomic E-state index is -0.953. The number of nitrogens with zero attached hydrogens (tertiary/aromatic N) is 2. The number of carbonyl (C=O) groups is 2. The number of likely N-dealkylation sites (tertiary alicyclic amines) is 1. The number of aryl methyl sites for hydroxylation is 1. The summed E-state index contributed by atoms with van der Waals surface area (Å²) in [6.45, 7) is 4.46. The standard InChI is InChI=1S/C20H22N2O4/c1-14-5-3-6-15(11-14)12-21-9-4-7-16(17(21)23)18(24)22-10-8-20(2,13-22)19(25)26/h3-7,9,11H,8,10,12-13H2,1-2H3,(H,25,26). The van der Waals surface area contributed by atoms with Gasteiger partial charge in [-0.15, -0.1) is 0 Å². The maximum Gasteiger partial charge on any atom is 0.311 e. The lowest BCUT2D eigenvalue weighted by atomic mass is 9.90. The van der Waals surface area contributed by atoms with Crippen molar-refractivity contribution < 1.29 is 14.7 Å². The lowest BCUT2D eigenvalue weighted by molar-refractivity contribution is -0.147. The Morgan fingerprint density at radius 1 is 1.23 bits per heavy atom. The van der Waals surface area contributed by atoms with Crippen molar-refractivity contribution in [2.75, 3.05) is 13.1 Å². The van der Waals surface area contributed by atoms with Crippen LogP contribution in [0, 0.1) is 12.3 Å². The van der Waals surface area contributed by atoms with Gasteiger partial charge in [0.25, 0.3) is 11.5 Å². The first kappa shape index (κ1) is 17.9. The van der Waals surface area contributed by atoms with Gasteiger partial charge in [-0.3, -0.25) is 14.4 Å². The number of hydrogen-bond acceptors (Lipinski definition) is 3. The van der Waals surface area contributed by atoms with E-state index in [2.05, 4.69) is 0 Å². The van der Waals surface area contributed by atoms with E-state index in [1.807, 2.05) is 31.2 Å². The Labute approximate surface area is 151 Å². The Bertz CT molecular complexity index is 918. The molecule has 1 atom stereocenters. The third-order valence-electron chi connectivity index (χ3n) is 4.96. The highest BCUT2D eigenvalue weighted by Crippen LogP contribution is 2.30. The molecule has 6 heteroatoms. The Kier molecular flexibility index (Phi) is 4.68. The Morgan fingerprint density at radius 2 is 2.00 bits per heavy atom. The summed E-state index contributed by atoms with van der Waals surface area (Å²) in [6.07, 6.45) is 2.05. The maximum atomic E-state index is 12.8. The minimum Gasteiger partial charge on any atom is -0.481 e. The van der Waals surface area contributed by atoms with Gasteiger partial charge in [-0.25, -0.2) is 0 Å². The molecule has 1 aromatic heterocycles. The molecule has 0 radical (unpaired) electrons. The second-order valence-corrected chi connectivity index (χ2v) is 7.19. The van der Waals surface area contributed by atoms with Crippen LogP contribution in [0.2, 0.25) is 0 Å². The van der Waals surface area contributed by atoms with Crippen molar-refractivity contribution in [2.45, 2.75) is 26.8 Å². The molecule has 1 N–H and O–H groups in total. The first-order valence-corrected chi connectivity index (χ1v) is 8.58. The van der Waals surface area contributed by atoms with Crippen LogP contribution in [-0.4, -0.2) is 39.5 Å². The fourth-order valence-electron chi connectivity index (χ4n) is 3.31. The second-order valence-electron chi connectivity index (χ2n) is 7.19. The molecule has 2 heterocycles. The number of aliphatic carboxylic acids is 1. The van der Waals surface area contributed by atoms with E-state index in [1.54, 1.807) is 19.2 Å². The number of rotatable bonds is 4. The molecule has 136 valence electrons. The second kappa shape index (κ2) is 6.78. The molecule has 1 unspecified atom stereocenters. The Morgan fingerprint density at radius 3 is 2.65 bits per heavy atom. The molecular weight excluding hydrogens is 332 g/mol. The predicted molar refractivity (Wildman–Crippen MR) is 97.2 cm³/mol. The zero-order valence-electron chi connectivity index (χ0n) is 14.9. The van der Waals surface area contributed by atoms with Crippen LogP contribution in [-0.2, 0) is 11.3 Å². The highest BCUT2D eigenvalue weighted by Gasteiger charge is 2.42. The average Bonchev–Trinajstić information content (AvgIpc) is 3.00. The van der Waals surface area contributed by atoms with Crippen molar-refractivity contribution in [1.82, 2.24) is 9.47 Å². The van der Waals surface area contributed by atoms with Crippen molar-refractivity contribution in [3.63, 3.8) is 0 Å². The van der Waals surface area contributed by atoms with E-state index >= 15 is 0 Å². The molecule has 0 spiro atoms. The monoisotopic (exact) mass is 354 g/mol. The topological polar surface area (TPSA) is 79.6 Å². The van der Waals surface area contributed by atoms with E-state index in [4.69, 9.17) is 0 Å². The molecule has 1 amide bonds. The quantitative estimate of drug-likeness (QED) is 0.912. The van der Waals surface area contributed by atoms with Crippen LogP contribution in [0.15, 0.2) is 47.4 Å².